The molecule has 1 heterocycles. The fourth-order valence-electron chi connectivity index (χ4n) is 2.14. The van der Waals surface area contributed by atoms with Gasteiger partial charge in [-0.25, -0.2) is 0 Å². The predicted molar refractivity (Wildman–Crippen MR) is 85.9 cm³/mol. The summed E-state index contributed by atoms with van der Waals surface area (Å²) in [7, 11) is 0. The first-order valence-electron chi connectivity index (χ1n) is 6.71. The molecule has 0 spiro atoms. The first-order valence-corrected chi connectivity index (χ1v) is 7.51. The Morgan fingerprint density at radius 1 is 1.35 bits per heavy atom. The van der Waals surface area contributed by atoms with E-state index in [-0.39, 0.29) is 5.91 Å². The van der Waals surface area contributed by atoms with Crippen LogP contribution in [-0.2, 0) is 4.79 Å². The second-order valence-corrected chi connectivity index (χ2v) is 5.37. The Morgan fingerprint density at radius 3 is 2.80 bits per heavy atom. The Bertz CT molecular complexity index is 611. The standard InChI is InChI=1S/C15H18BrN3O/c1-3-19(4-2)14(20)10-17-13-7-5-6-11-8-12(16)9-18-15(11)13/h5-9,17H,3-4,10H2,1-2H3. The molecule has 1 amide bonds. The van der Waals surface area contributed by atoms with Crippen LogP contribution >= 0.6 is 15.9 Å². The maximum absolute atomic E-state index is 12.0. The highest BCUT2D eigenvalue weighted by atomic mass is 79.9. The molecule has 20 heavy (non-hydrogen) atoms. The fraction of sp³-hybridized carbons (Fsp3) is 0.333. The molecule has 0 saturated heterocycles. The summed E-state index contributed by atoms with van der Waals surface area (Å²) in [6.07, 6.45) is 1.76. The Morgan fingerprint density at radius 2 is 2.10 bits per heavy atom. The Hall–Kier alpha value is -1.62. The first-order chi connectivity index (χ1) is 9.65. The molecular weight excluding hydrogens is 318 g/mol. The minimum absolute atomic E-state index is 0.101. The maximum atomic E-state index is 12.0. The molecule has 0 atom stereocenters. The number of anilines is 1. The fourth-order valence-corrected chi connectivity index (χ4v) is 2.48. The maximum Gasteiger partial charge on any atom is 0.241 e. The SMILES string of the molecule is CCN(CC)C(=O)CNc1cccc2cc(Br)cnc12. The molecule has 2 rings (SSSR count). The van der Waals surface area contributed by atoms with Crippen molar-refractivity contribution < 1.29 is 4.79 Å². The average Bonchev–Trinajstić information content (AvgIpc) is 2.45. The van der Waals surface area contributed by atoms with Gasteiger partial charge in [0, 0.05) is 29.1 Å². The van der Waals surface area contributed by atoms with E-state index in [0.717, 1.165) is 34.2 Å². The minimum Gasteiger partial charge on any atom is -0.374 e. The lowest BCUT2D eigenvalue weighted by molar-refractivity contribution is -0.128. The number of carbonyl (C=O) groups excluding carboxylic acids is 1. The monoisotopic (exact) mass is 335 g/mol. The summed E-state index contributed by atoms with van der Waals surface area (Å²) < 4.78 is 0.946. The zero-order chi connectivity index (χ0) is 14.5. The van der Waals surface area contributed by atoms with Crippen molar-refractivity contribution in [3.8, 4) is 0 Å². The number of rotatable bonds is 5. The Kier molecular flexibility index (Phi) is 4.95. The zero-order valence-corrected chi connectivity index (χ0v) is 13.3. The number of nitrogens with zero attached hydrogens (tertiary/aromatic N) is 2. The van der Waals surface area contributed by atoms with Crippen LogP contribution in [0.2, 0.25) is 0 Å². The van der Waals surface area contributed by atoms with Crippen molar-refractivity contribution in [3.05, 3.63) is 34.9 Å². The van der Waals surface area contributed by atoms with Gasteiger partial charge in [0.05, 0.1) is 17.7 Å². The summed E-state index contributed by atoms with van der Waals surface area (Å²) in [5.41, 5.74) is 1.76. The largest absolute Gasteiger partial charge is 0.374 e. The van der Waals surface area contributed by atoms with Crippen LogP contribution in [0.15, 0.2) is 34.9 Å². The molecule has 0 aliphatic rings. The lowest BCUT2D eigenvalue weighted by Crippen LogP contribution is -2.35. The van der Waals surface area contributed by atoms with E-state index < -0.39 is 0 Å². The van der Waals surface area contributed by atoms with Crippen LogP contribution in [0.4, 0.5) is 5.69 Å². The lowest BCUT2D eigenvalue weighted by atomic mass is 10.2. The van der Waals surface area contributed by atoms with E-state index in [1.54, 1.807) is 6.20 Å². The van der Waals surface area contributed by atoms with Crippen LogP contribution in [0.1, 0.15) is 13.8 Å². The first kappa shape index (κ1) is 14.8. The van der Waals surface area contributed by atoms with Crippen molar-refractivity contribution >= 4 is 38.4 Å². The van der Waals surface area contributed by atoms with Crippen LogP contribution in [-0.4, -0.2) is 35.4 Å². The number of fused-ring (bicyclic) bond motifs is 1. The molecule has 0 bridgehead atoms. The number of carbonyl (C=O) groups is 1. The molecule has 1 aromatic heterocycles. The summed E-state index contributed by atoms with van der Waals surface area (Å²) in [5, 5.41) is 4.23. The van der Waals surface area contributed by atoms with Gasteiger partial charge in [-0.3, -0.25) is 9.78 Å². The van der Waals surface area contributed by atoms with Crippen LogP contribution in [0, 0.1) is 0 Å². The number of aromatic nitrogens is 1. The third-order valence-electron chi connectivity index (χ3n) is 3.22. The topological polar surface area (TPSA) is 45.2 Å². The average molecular weight is 336 g/mol. The highest BCUT2D eigenvalue weighted by Gasteiger charge is 2.10. The van der Waals surface area contributed by atoms with E-state index in [9.17, 15) is 4.79 Å². The van der Waals surface area contributed by atoms with Gasteiger partial charge < -0.3 is 10.2 Å². The second-order valence-electron chi connectivity index (χ2n) is 4.45. The number of benzene rings is 1. The number of para-hydroxylation sites is 1. The number of amides is 1. The number of halogens is 1. The van der Waals surface area contributed by atoms with E-state index in [0.29, 0.717) is 6.54 Å². The molecule has 0 aliphatic carbocycles. The zero-order valence-electron chi connectivity index (χ0n) is 11.7. The van der Waals surface area contributed by atoms with Crippen LogP contribution < -0.4 is 5.32 Å². The number of pyridine rings is 1. The quantitative estimate of drug-likeness (QED) is 0.911. The van der Waals surface area contributed by atoms with Crippen LogP contribution in [0.5, 0.6) is 0 Å². The Labute approximate surface area is 127 Å². The van der Waals surface area contributed by atoms with Crippen LogP contribution in [0.3, 0.4) is 0 Å². The lowest BCUT2D eigenvalue weighted by Gasteiger charge is -2.19. The number of likely N-dealkylation sites (N-methyl/N-ethyl adjacent to an activating group) is 1. The molecule has 0 unspecified atom stereocenters. The third kappa shape index (κ3) is 3.28. The highest BCUT2D eigenvalue weighted by molar-refractivity contribution is 9.10. The number of hydrogen-bond acceptors (Lipinski definition) is 3. The van der Waals surface area contributed by atoms with Crippen LogP contribution in [0.25, 0.3) is 10.9 Å². The van der Waals surface area contributed by atoms with E-state index in [2.05, 4.69) is 26.2 Å². The van der Waals surface area contributed by atoms with Crippen molar-refractivity contribution in [2.75, 3.05) is 25.0 Å². The highest BCUT2D eigenvalue weighted by Crippen LogP contribution is 2.23. The molecule has 0 radical (unpaired) electrons. The van der Waals surface area contributed by atoms with Crippen molar-refractivity contribution in [2.24, 2.45) is 0 Å². The van der Waals surface area contributed by atoms with Crippen molar-refractivity contribution in [3.63, 3.8) is 0 Å². The summed E-state index contributed by atoms with van der Waals surface area (Å²) >= 11 is 3.41. The molecule has 0 saturated carbocycles. The third-order valence-corrected chi connectivity index (χ3v) is 3.66. The summed E-state index contributed by atoms with van der Waals surface area (Å²) in [4.78, 5) is 18.2. The van der Waals surface area contributed by atoms with Gasteiger partial charge in [-0.05, 0) is 41.9 Å². The Balaban J connectivity index is 2.16. The summed E-state index contributed by atoms with van der Waals surface area (Å²) in [6, 6.07) is 7.92. The molecule has 5 heteroatoms. The number of nitrogens with one attached hydrogen (secondary N) is 1. The minimum atomic E-state index is 0.101. The van der Waals surface area contributed by atoms with Gasteiger partial charge in [-0.2, -0.15) is 0 Å². The molecule has 1 N–H and O–H groups in total. The molecule has 4 nitrogen and oxygen atoms in total. The summed E-state index contributed by atoms with van der Waals surface area (Å²) in [6.45, 7) is 5.73. The van der Waals surface area contributed by atoms with Gasteiger partial charge in [-0.15, -0.1) is 0 Å². The smallest absolute Gasteiger partial charge is 0.241 e. The summed E-state index contributed by atoms with van der Waals surface area (Å²) in [5.74, 6) is 0.101. The van der Waals surface area contributed by atoms with Gasteiger partial charge in [-0.1, -0.05) is 12.1 Å². The van der Waals surface area contributed by atoms with Gasteiger partial charge in [0.25, 0.3) is 0 Å². The molecule has 106 valence electrons. The van der Waals surface area contributed by atoms with E-state index in [1.807, 2.05) is 43.0 Å². The number of hydrogen-bond donors (Lipinski definition) is 1. The predicted octanol–water partition coefficient (Wildman–Crippen LogP) is 3.28. The van der Waals surface area contributed by atoms with Gasteiger partial charge >= 0.3 is 0 Å². The molecule has 0 aliphatic heterocycles. The van der Waals surface area contributed by atoms with E-state index >= 15 is 0 Å². The molecule has 2 aromatic rings. The van der Waals surface area contributed by atoms with E-state index in [4.69, 9.17) is 0 Å². The van der Waals surface area contributed by atoms with Gasteiger partial charge in [0.2, 0.25) is 5.91 Å². The normalized spacial score (nSPS) is 10.6. The van der Waals surface area contributed by atoms with Gasteiger partial charge in [0.15, 0.2) is 0 Å². The van der Waals surface area contributed by atoms with Crippen molar-refractivity contribution in [1.82, 2.24) is 9.88 Å². The van der Waals surface area contributed by atoms with E-state index in [1.165, 1.54) is 0 Å². The molecular formula is C15H18BrN3O. The molecule has 0 fully saturated rings. The van der Waals surface area contributed by atoms with Crippen molar-refractivity contribution in [1.29, 1.82) is 0 Å². The van der Waals surface area contributed by atoms with Crippen molar-refractivity contribution in [2.45, 2.75) is 13.8 Å². The second kappa shape index (κ2) is 6.70. The molecule has 1 aromatic carbocycles. The van der Waals surface area contributed by atoms with Gasteiger partial charge in [0.1, 0.15) is 0 Å².